The van der Waals surface area contributed by atoms with Gasteiger partial charge in [-0.15, -0.1) is 11.8 Å². The highest BCUT2D eigenvalue weighted by Gasteiger charge is 2.48. The van der Waals surface area contributed by atoms with Crippen LogP contribution in [0.25, 0.3) is 0 Å². The Morgan fingerprint density at radius 2 is 2.26 bits per heavy atom. The van der Waals surface area contributed by atoms with Crippen molar-refractivity contribution in [2.75, 3.05) is 5.75 Å². The van der Waals surface area contributed by atoms with Gasteiger partial charge in [0.25, 0.3) is 0 Å². The second kappa shape index (κ2) is 5.46. The van der Waals surface area contributed by atoms with Crippen LogP contribution in [0.15, 0.2) is 9.93 Å². The smallest absolute Gasteiger partial charge is 0.354 e. The van der Waals surface area contributed by atoms with Crippen molar-refractivity contribution in [1.29, 1.82) is 0 Å². The zero-order valence-corrected chi connectivity index (χ0v) is 12.1. The lowest BCUT2D eigenvalue weighted by molar-refractivity contribution is -0.145. The molecule has 2 aliphatic heterocycles. The van der Waals surface area contributed by atoms with Crippen LogP contribution >= 0.6 is 23.5 Å². The van der Waals surface area contributed by atoms with Crippen molar-refractivity contribution in [3.63, 3.8) is 0 Å². The number of nitrogens with zero attached hydrogens (tertiary/aromatic N) is 1. The summed E-state index contributed by atoms with van der Waals surface area (Å²) in [6, 6.07) is 0.0544. The molecule has 0 radical (unpaired) electrons. The Kier molecular flexibility index (Phi) is 4.10. The Balaban J connectivity index is 2.01. The molecule has 2 aliphatic rings. The number of thioether (sulfide) groups is 2. The molecule has 6 nitrogen and oxygen atoms in total. The lowest BCUT2D eigenvalue weighted by atomic mass is 10.2. The number of aliphatic carboxylic acids is 1. The molecule has 2 rings (SSSR count). The molecule has 1 atom stereocenters. The summed E-state index contributed by atoms with van der Waals surface area (Å²) in [5.41, 5.74) is 0.0218. The number of carboxylic acids is 1. The van der Waals surface area contributed by atoms with Gasteiger partial charge in [-0.2, -0.15) is 0 Å². The van der Waals surface area contributed by atoms with E-state index >= 15 is 0 Å². The van der Waals surface area contributed by atoms with E-state index in [1.807, 2.05) is 13.8 Å². The lowest BCUT2D eigenvalue weighted by Crippen LogP contribution is -2.48. The lowest BCUT2D eigenvalue weighted by Gasteiger charge is -2.33. The third-order valence-electron chi connectivity index (χ3n) is 2.57. The Morgan fingerprint density at radius 1 is 1.58 bits per heavy atom. The van der Waals surface area contributed by atoms with Crippen molar-refractivity contribution in [1.82, 2.24) is 10.2 Å². The summed E-state index contributed by atoms with van der Waals surface area (Å²) >= 11 is 2.52. The van der Waals surface area contributed by atoms with Gasteiger partial charge in [-0.3, -0.25) is 14.5 Å². The zero-order valence-electron chi connectivity index (χ0n) is 10.5. The van der Waals surface area contributed by atoms with Gasteiger partial charge in [0.2, 0.25) is 11.8 Å². The number of hydrogen-bond acceptors (Lipinski definition) is 5. The van der Waals surface area contributed by atoms with Gasteiger partial charge in [0.05, 0.1) is 21.8 Å². The van der Waals surface area contributed by atoms with Gasteiger partial charge in [0.1, 0.15) is 0 Å². The van der Waals surface area contributed by atoms with Crippen LogP contribution in [0.4, 0.5) is 0 Å². The molecule has 0 aliphatic carbocycles. The molecule has 19 heavy (non-hydrogen) atoms. The van der Waals surface area contributed by atoms with Gasteiger partial charge in [-0.1, -0.05) is 11.8 Å². The average molecular weight is 302 g/mol. The number of amides is 2. The van der Waals surface area contributed by atoms with Gasteiger partial charge in [0, 0.05) is 6.04 Å². The van der Waals surface area contributed by atoms with Crippen molar-refractivity contribution < 1.29 is 19.5 Å². The third kappa shape index (κ3) is 2.89. The van der Waals surface area contributed by atoms with Crippen molar-refractivity contribution in [3.05, 3.63) is 9.93 Å². The molecule has 8 heteroatoms. The van der Waals surface area contributed by atoms with E-state index in [1.165, 1.54) is 28.4 Å². The Morgan fingerprint density at radius 3 is 2.79 bits per heavy atom. The van der Waals surface area contributed by atoms with Crippen LogP contribution in [0, 0.1) is 0 Å². The number of fused-ring (bicyclic) bond motifs is 1. The average Bonchev–Trinajstić information content (AvgIpc) is 2.58. The molecular formula is C11H14N2O4S2. The van der Waals surface area contributed by atoms with Crippen LogP contribution in [-0.4, -0.2) is 45.0 Å². The highest BCUT2D eigenvalue weighted by Crippen LogP contribution is 2.50. The van der Waals surface area contributed by atoms with E-state index in [-0.39, 0.29) is 34.7 Å². The van der Waals surface area contributed by atoms with Crippen molar-refractivity contribution in [3.8, 4) is 0 Å². The van der Waals surface area contributed by atoms with Crippen molar-refractivity contribution in [2.24, 2.45) is 0 Å². The minimum absolute atomic E-state index is 0.0218. The highest BCUT2D eigenvalue weighted by atomic mass is 32.2. The predicted molar refractivity (Wildman–Crippen MR) is 73.2 cm³/mol. The minimum atomic E-state index is -1.12. The second-order valence-corrected chi connectivity index (χ2v) is 6.92. The molecule has 0 saturated carbocycles. The van der Waals surface area contributed by atoms with E-state index in [1.54, 1.807) is 0 Å². The van der Waals surface area contributed by atoms with Crippen LogP contribution in [0.5, 0.6) is 0 Å². The first kappa shape index (κ1) is 14.3. The highest BCUT2D eigenvalue weighted by molar-refractivity contribution is 8.23. The molecule has 2 N–H and O–H groups in total. The summed E-state index contributed by atoms with van der Waals surface area (Å²) in [5.74, 6) is -1.27. The van der Waals surface area contributed by atoms with Crippen LogP contribution in [0.2, 0.25) is 0 Å². The normalized spacial score (nSPS) is 21.5. The molecule has 0 spiro atoms. The van der Waals surface area contributed by atoms with Gasteiger partial charge >= 0.3 is 5.97 Å². The Hall–Kier alpha value is -1.15. The van der Waals surface area contributed by atoms with Crippen LogP contribution in [-0.2, 0) is 14.4 Å². The molecule has 0 bridgehead atoms. The summed E-state index contributed by atoms with van der Waals surface area (Å²) < 4.78 is 0.544. The maximum Gasteiger partial charge on any atom is 0.354 e. The second-order valence-electron chi connectivity index (χ2n) is 4.49. The molecular weight excluding hydrogens is 288 g/mol. The summed E-state index contributed by atoms with van der Waals surface area (Å²) in [7, 11) is 0. The summed E-state index contributed by atoms with van der Waals surface area (Å²) in [6.07, 6.45) is 0.365. The molecule has 1 fully saturated rings. The fraction of sp³-hybridized carbons (Fsp3) is 0.545. The van der Waals surface area contributed by atoms with E-state index in [4.69, 9.17) is 5.11 Å². The number of carboxylic acid groups (broad SMARTS) is 1. The fourth-order valence-electron chi connectivity index (χ4n) is 1.82. The van der Waals surface area contributed by atoms with Crippen molar-refractivity contribution in [2.45, 2.75) is 31.7 Å². The molecule has 0 aromatic heterocycles. The van der Waals surface area contributed by atoms with Gasteiger partial charge in [-0.25, -0.2) is 4.79 Å². The van der Waals surface area contributed by atoms with Gasteiger partial charge in [-0.05, 0) is 13.8 Å². The maximum atomic E-state index is 11.5. The topological polar surface area (TPSA) is 86.7 Å². The Labute approximate surface area is 119 Å². The van der Waals surface area contributed by atoms with Crippen LogP contribution in [0.1, 0.15) is 20.3 Å². The molecule has 2 amide bonds. The number of carbonyl (C=O) groups is 3. The van der Waals surface area contributed by atoms with Crippen LogP contribution in [0.3, 0.4) is 0 Å². The first-order valence-corrected chi connectivity index (χ1v) is 7.65. The third-order valence-corrected chi connectivity index (χ3v) is 5.13. The number of rotatable bonds is 5. The fourth-order valence-corrected chi connectivity index (χ4v) is 4.36. The largest absolute Gasteiger partial charge is 0.477 e. The number of nitrogens with one attached hydrogen (secondary N) is 1. The maximum absolute atomic E-state index is 11.5. The monoisotopic (exact) mass is 302 g/mol. The molecule has 104 valence electrons. The predicted octanol–water partition coefficient (Wildman–Crippen LogP) is 0.803. The molecule has 0 aromatic carbocycles. The molecule has 2 heterocycles. The number of β-lactam (4-membered cyclic amide) rings is 1. The first-order chi connectivity index (χ1) is 8.90. The summed E-state index contributed by atoms with van der Waals surface area (Å²) in [6.45, 7) is 3.72. The van der Waals surface area contributed by atoms with E-state index in [9.17, 15) is 14.4 Å². The van der Waals surface area contributed by atoms with Gasteiger partial charge < -0.3 is 10.4 Å². The number of carbonyl (C=O) groups excluding carboxylic acids is 2. The van der Waals surface area contributed by atoms with Crippen molar-refractivity contribution >= 4 is 41.3 Å². The SMILES string of the molecule is CC(C)NC(=O)CSC1=C(C(=O)O)N2C(=O)C[C@@H]2S1. The zero-order chi connectivity index (χ0) is 14.2. The first-order valence-electron chi connectivity index (χ1n) is 5.78. The summed E-state index contributed by atoms with van der Waals surface area (Å²) in [5, 5.41) is 11.8. The number of hydrogen-bond donors (Lipinski definition) is 2. The van der Waals surface area contributed by atoms with E-state index in [0.29, 0.717) is 10.7 Å². The Bertz CT molecular complexity index is 475. The van der Waals surface area contributed by atoms with Gasteiger partial charge in [0.15, 0.2) is 5.70 Å². The molecule has 0 aromatic rings. The molecule has 0 unspecified atom stereocenters. The van der Waals surface area contributed by atoms with E-state index < -0.39 is 5.97 Å². The van der Waals surface area contributed by atoms with Crippen LogP contribution < -0.4 is 5.32 Å². The van der Waals surface area contributed by atoms with E-state index in [2.05, 4.69) is 5.32 Å². The summed E-state index contributed by atoms with van der Waals surface area (Å²) in [4.78, 5) is 35.4. The minimum Gasteiger partial charge on any atom is -0.477 e. The molecule has 1 saturated heterocycles. The van der Waals surface area contributed by atoms with E-state index in [0.717, 1.165) is 0 Å². The quantitative estimate of drug-likeness (QED) is 0.731. The standard InChI is InChI=1S/C11H14N2O4S2/c1-5(2)12-6(14)4-18-11-9(10(16)17)13-7(15)3-8(13)19-11/h5,8H,3-4H2,1-2H3,(H,12,14)(H,16,17)/t8-/m0/s1.